The second-order valence-electron chi connectivity index (χ2n) is 6.52. The number of rotatable bonds is 9. The van der Waals surface area contributed by atoms with Crippen LogP contribution in [-0.2, 0) is 9.47 Å². The molecule has 0 unspecified atom stereocenters. The minimum Gasteiger partial charge on any atom is -0.486 e. The van der Waals surface area contributed by atoms with E-state index in [0.29, 0.717) is 13.2 Å². The van der Waals surface area contributed by atoms with Crippen LogP contribution in [0.25, 0.3) is 0 Å². The van der Waals surface area contributed by atoms with Gasteiger partial charge in [-0.25, -0.2) is 0 Å². The van der Waals surface area contributed by atoms with E-state index in [1.54, 1.807) is 0 Å². The highest BCUT2D eigenvalue weighted by Crippen LogP contribution is 2.50. The zero-order valence-electron chi connectivity index (χ0n) is 14.6. The first kappa shape index (κ1) is 17.2. The second kappa shape index (κ2) is 8.45. The predicted octanol–water partition coefficient (Wildman–Crippen LogP) is 5.91. The Morgan fingerprint density at radius 1 is 1.00 bits per heavy atom. The van der Waals surface area contributed by atoms with Gasteiger partial charge in [-0.15, -0.1) is 0 Å². The van der Waals surface area contributed by atoms with Crippen molar-refractivity contribution in [1.82, 2.24) is 0 Å². The van der Waals surface area contributed by atoms with Crippen LogP contribution in [-0.4, -0.2) is 13.2 Å². The van der Waals surface area contributed by atoms with E-state index in [2.05, 4.69) is 39.0 Å². The van der Waals surface area contributed by atoms with Crippen LogP contribution in [0, 0.1) is 5.41 Å². The van der Waals surface area contributed by atoms with Crippen LogP contribution in [0.2, 0.25) is 0 Å². The van der Waals surface area contributed by atoms with E-state index in [4.69, 9.17) is 9.47 Å². The van der Waals surface area contributed by atoms with Gasteiger partial charge in [-0.1, -0.05) is 64.5 Å². The van der Waals surface area contributed by atoms with E-state index < -0.39 is 0 Å². The lowest BCUT2D eigenvalue weighted by atomic mass is 9.73. The molecule has 1 saturated heterocycles. The van der Waals surface area contributed by atoms with Crippen molar-refractivity contribution in [1.29, 1.82) is 0 Å². The number of hydrogen-bond acceptors (Lipinski definition) is 2. The Bertz CT molecular complexity index is 433. The summed E-state index contributed by atoms with van der Waals surface area (Å²) in [7, 11) is 0. The summed E-state index contributed by atoms with van der Waals surface area (Å²) in [6.07, 6.45) is 16.9. The molecule has 0 N–H and O–H groups in total. The van der Waals surface area contributed by atoms with E-state index in [9.17, 15) is 0 Å². The molecular weight excluding hydrogens is 272 g/mol. The van der Waals surface area contributed by atoms with Gasteiger partial charge in [0.1, 0.15) is 13.2 Å². The van der Waals surface area contributed by atoms with Gasteiger partial charge < -0.3 is 9.47 Å². The lowest BCUT2D eigenvalue weighted by molar-refractivity contribution is 0.0605. The van der Waals surface area contributed by atoms with Crippen LogP contribution in [0.1, 0.15) is 72.1 Å². The highest BCUT2D eigenvalue weighted by atomic mass is 16.6. The molecule has 2 nitrogen and oxygen atoms in total. The Morgan fingerprint density at radius 3 is 2.23 bits per heavy atom. The Kier molecular flexibility index (Phi) is 6.60. The summed E-state index contributed by atoms with van der Waals surface area (Å²) in [6.45, 7) is 7.99. The molecule has 2 heteroatoms. The summed E-state index contributed by atoms with van der Waals surface area (Å²) < 4.78 is 11.9. The molecule has 1 aliphatic heterocycles. The van der Waals surface area contributed by atoms with Gasteiger partial charge in [0.15, 0.2) is 11.5 Å². The SMILES string of the molecule is C/C=C/C1=C2OCCOC2=CC1(CCCCC)CCCCC. The fraction of sp³-hybridized carbons (Fsp3) is 0.700. The maximum atomic E-state index is 5.97. The van der Waals surface area contributed by atoms with E-state index in [-0.39, 0.29) is 5.41 Å². The summed E-state index contributed by atoms with van der Waals surface area (Å²) in [5.74, 6) is 2.00. The van der Waals surface area contributed by atoms with E-state index >= 15 is 0 Å². The smallest absolute Gasteiger partial charge is 0.165 e. The molecule has 124 valence electrons. The minimum atomic E-state index is 0.131. The molecule has 1 fully saturated rings. The molecule has 2 aliphatic rings. The van der Waals surface area contributed by atoms with Crippen LogP contribution in [0.15, 0.2) is 35.3 Å². The zero-order valence-corrected chi connectivity index (χ0v) is 14.6. The van der Waals surface area contributed by atoms with Crippen molar-refractivity contribution in [2.75, 3.05) is 13.2 Å². The van der Waals surface area contributed by atoms with Crippen LogP contribution in [0.4, 0.5) is 0 Å². The number of allylic oxidation sites excluding steroid dienone is 4. The quantitative estimate of drug-likeness (QED) is 0.493. The maximum Gasteiger partial charge on any atom is 0.165 e. The van der Waals surface area contributed by atoms with Crippen LogP contribution >= 0.6 is 0 Å². The zero-order chi connectivity index (χ0) is 15.8. The maximum absolute atomic E-state index is 5.97. The van der Waals surface area contributed by atoms with Crippen molar-refractivity contribution < 1.29 is 9.47 Å². The number of unbranched alkanes of at least 4 members (excludes halogenated alkanes) is 4. The summed E-state index contributed by atoms with van der Waals surface area (Å²) in [6, 6.07) is 0. The fourth-order valence-electron chi connectivity index (χ4n) is 3.63. The molecule has 0 bridgehead atoms. The largest absolute Gasteiger partial charge is 0.486 e. The number of hydrogen-bond donors (Lipinski definition) is 0. The first-order chi connectivity index (χ1) is 10.8. The number of fused-ring (bicyclic) bond motifs is 1. The van der Waals surface area contributed by atoms with Gasteiger partial charge in [0.25, 0.3) is 0 Å². The molecule has 2 rings (SSSR count). The topological polar surface area (TPSA) is 18.5 Å². The first-order valence-corrected chi connectivity index (χ1v) is 9.13. The van der Waals surface area contributed by atoms with Crippen molar-refractivity contribution in [2.45, 2.75) is 72.1 Å². The van der Waals surface area contributed by atoms with Gasteiger partial charge in [-0.3, -0.25) is 0 Å². The first-order valence-electron chi connectivity index (χ1n) is 9.13. The van der Waals surface area contributed by atoms with Crippen molar-refractivity contribution in [2.24, 2.45) is 5.41 Å². The van der Waals surface area contributed by atoms with Gasteiger partial charge >= 0.3 is 0 Å². The monoisotopic (exact) mass is 304 g/mol. The average Bonchev–Trinajstić information content (AvgIpc) is 2.83. The lowest BCUT2D eigenvalue weighted by Crippen LogP contribution is -2.19. The van der Waals surface area contributed by atoms with Gasteiger partial charge in [-0.2, -0.15) is 0 Å². The van der Waals surface area contributed by atoms with Crippen molar-refractivity contribution in [3.63, 3.8) is 0 Å². The van der Waals surface area contributed by atoms with Gasteiger partial charge in [0, 0.05) is 11.0 Å². The molecule has 0 aromatic heterocycles. The van der Waals surface area contributed by atoms with Gasteiger partial charge in [0.2, 0.25) is 0 Å². The molecule has 0 saturated carbocycles. The van der Waals surface area contributed by atoms with Crippen molar-refractivity contribution in [3.05, 3.63) is 35.3 Å². The average molecular weight is 304 g/mol. The Labute approximate surface area is 136 Å². The lowest BCUT2D eigenvalue weighted by Gasteiger charge is -2.30. The van der Waals surface area contributed by atoms with Crippen LogP contribution in [0.3, 0.4) is 0 Å². The molecule has 0 radical (unpaired) electrons. The third kappa shape index (κ3) is 3.77. The summed E-state index contributed by atoms with van der Waals surface area (Å²) in [4.78, 5) is 0. The number of ether oxygens (including phenoxy) is 2. The Hall–Kier alpha value is -1.18. The van der Waals surface area contributed by atoms with Crippen LogP contribution < -0.4 is 0 Å². The molecule has 0 aromatic carbocycles. The molecule has 0 aromatic rings. The third-order valence-electron chi connectivity index (χ3n) is 4.79. The minimum absolute atomic E-state index is 0.131. The standard InChI is InChI=1S/C20H32O2/c1-4-7-9-12-20(13-10-8-5-2)16-18-19(17(20)11-6-3)22-15-14-21-18/h6,11,16H,4-5,7-10,12-15H2,1-3H3/b11-6+. The Morgan fingerprint density at radius 2 is 1.64 bits per heavy atom. The van der Waals surface area contributed by atoms with Crippen LogP contribution in [0.5, 0.6) is 0 Å². The summed E-state index contributed by atoms with van der Waals surface area (Å²) in [5.41, 5.74) is 1.49. The molecule has 0 spiro atoms. The van der Waals surface area contributed by atoms with Crippen molar-refractivity contribution >= 4 is 0 Å². The van der Waals surface area contributed by atoms with Gasteiger partial charge in [-0.05, 0) is 25.8 Å². The molecule has 0 atom stereocenters. The van der Waals surface area contributed by atoms with E-state index in [1.807, 2.05) is 0 Å². The molecule has 0 amide bonds. The molecule has 1 aliphatic carbocycles. The third-order valence-corrected chi connectivity index (χ3v) is 4.79. The van der Waals surface area contributed by atoms with Gasteiger partial charge in [0.05, 0.1) is 0 Å². The normalized spacial score (nSPS) is 19.9. The molecule has 22 heavy (non-hydrogen) atoms. The fourth-order valence-corrected chi connectivity index (χ4v) is 3.63. The van der Waals surface area contributed by atoms with E-state index in [0.717, 1.165) is 11.5 Å². The predicted molar refractivity (Wildman–Crippen MR) is 92.5 cm³/mol. The summed E-state index contributed by atoms with van der Waals surface area (Å²) >= 11 is 0. The summed E-state index contributed by atoms with van der Waals surface area (Å²) in [5, 5.41) is 0. The highest BCUT2D eigenvalue weighted by molar-refractivity contribution is 5.48. The Balaban J connectivity index is 2.27. The highest BCUT2D eigenvalue weighted by Gasteiger charge is 2.41. The molecule has 1 heterocycles. The van der Waals surface area contributed by atoms with E-state index in [1.165, 1.54) is 56.9 Å². The van der Waals surface area contributed by atoms with Crippen molar-refractivity contribution in [3.8, 4) is 0 Å². The second-order valence-corrected chi connectivity index (χ2v) is 6.52. The molecular formula is C20H32O2.